The first-order valence-electron chi connectivity index (χ1n) is 10.7. The van der Waals surface area contributed by atoms with Crippen LogP contribution in [-0.4, -0.2) is 22.4 Å². The molecular weight excluding hydrogens is 447 g/mol. The van der Waals surface area contributed by atoms with E-state index in [1.807, 2.05) is 41.0 Å². The number of hydrogen-bond acceptors (Lipinski definition) is 4. The highest BCUT2D eigenvalue weighted by Crippen LogP contribution is 2.27. The maximum atomic E-state index is 13.3. The molecule has 2 heterocycles. The van der Waals surface area contributed by atoms with Crippen LogP contribution in [0.5, 0.6) is 0 Å². The number of fused-ring (bicyclic) bond motifs is 1. The number of nitrogens with zero attached hydrogens (tertiary/aromatic N) is 3. The number of nitrogens with one attached hydrogen (secondary N) is 1. The van der Waals surface area contributed by atoms with Crippen LogP contribution in [0.4, 0.5) is 14.9 Å². The van der Waals surface area contributed by atoms with Gasteiger partial charge in [0, 0.05) is 29.2 Å². The van der Waals surface area contributed by atoms with Crippen LogP contribution in [0.2, 0.25) is 0 Å². The molecule has 1 aromatic heterocycles. The van der Waals surface area contributed by atoms with Gasteiger partial charge in [-0.15, -0.1) is 0 Å². The molecule has 4 amide bonds. The smallest absolute Gasteiger partial charge is 0.335 e. The number of barbiturate groups is 1. The predicted octanol–water partition coefficient (Wildman–Crippen LogP) is 4.37. The molecule has 1 saturated heterocycles. The zero-order valence-electron chi connectivity index (χ0n) is 18.2. The number of carbonyl (C=O) groups is 3. The van der Waals surface area contributed by atoms with Gasteiger partial charge in [0.25, 0.3) is 11.8 Å². The first kappa shape index (κ1) is 21.8. The summed E-state index contributed by atoms with van der Waals surface area (Å²) in [5.41, 5.74) is 2.75. The fraction of sp³-hybridized carbons (Fsp3) is 0.0370. The third-order valence-corrected chi connectivity index (χ3v) is 5.78. The highest BCUT2D eigenvalue weighted by Gasteiger charge is 2.37. The number of rotatable bonds is 4. The zero-order valence-corrected chi connectivity index (χ0v) is 18.2. The van der Waals surface area contributed by atoms with Crippen LogP contribution in [-0.2, 0) is 16.1 Å². The molecule has 0 atom stereocenters. The van der Waals surface area contributed by atoms with Gasteiger partial charge in [-0.1, -0.05) is 36.4 Å². The van der Waals surface area contributed by atoms with Crippen molar-refractivity contribution >= 4 is 40.5 Å². The average Bonchev–Trinajstić information content (AvgIpc) is 3.20. The number of carbonyl (C=O) groups excluding carboxylic acids is 3. The van der Waals surface area contributed by atoms with E-state index in [1.165, 1.54) is 18.2 Å². The normalized spacial score (nSPS) is 14.9. The second-order valence-electron chi connectivity index (χ2n) is 7.93. The van der Waals surface area contributed by atoms with Gasteiger partial charge in [-0.3, -0.25) is 14.9 Å². The molecule has 3 aromatic carbocycles. The molecule has 5 rings (SSSR count). The minimum absolute atomic E-state index is 0.142. The molecule has 8 heteroatoms. The second-order valence-corrected chi connectivity index (χ2v) is 7.93. The van der Waals surface area contributed by atoms with Crippen LogP contribution >= 0.6 is 0 Å². The average molecular weight is 464 g/mol. The first-order chi connectivity index (χ1) is 17.0. The Morgan fingerprint density at radius 2 is 1.66 bits per heavy atom. The summed E-state index contributed by atoms with van der Waals surface area (Å²) < 4.78 is 15.3. The molecule has 170 valence electrons. The Hall–Kier alpha value is -5.03. The van der Waals surface area contributed by atoms with Crippen LogP contribution in [0.15, 0.2) is 84.6 Å². The van der Waals surface area contributed by atoms with Crippen molar-refractivity contribution in [1.29, 1.82) is 5.26 Å². The van der Waals surface area contributed by atoms with E-state index in [0.29, 0.717) is 17.7 Å². The molecule has 0 radical (unpaired) electrons. The minimum Gasteiger partial charge on any atom is -0.342 e. The lowest BCUT2D eigenvalue weighted by Gasteiger charge is -2.26. The molecule has 4 aromatic rings. The van der Waals surface area contributed by atoms with Gasteiger partial charge in [0.1, 0.15) is 11.4 Å². The predicted molar refractivity (Wildman–Crippen MR) is 128 cm³/mol. The van der Waals surface area contributed by atoms with Crippen molar-refractivity contribution in [3.8, 4) is 6.07 Å². The Morgan fingerprint density at radius 3 is 2.43 bits per heavy atom. The summed E-state index contributed by atoms with van der Waals surface area (Å²) in [6.07, 6.45) is 3.24. The summed E-state index contributed by atoms with van der Waals surface area (Å²) in [6.45, 7) is 0.410. The SMILES string of the molecule is N#Cc1ccccc1Cn1cc(C=C2C(=O)NC(=O)N(c3ccc(F)cc3)C2=O)c2ccccc21. The number of imide groups is 2. The van der Waals surface area contributed by atoms with E-state index in [9.17, 15) is 24.0 Å². The summed E-state index contributed by atoms with van der Waals surface area (Å²) in [4.78, 5) is 39.0. The van der Waals surface area contributed by atoms with E-state index in [0.717, 1.165) is 33.5 Å². The number of urea groups is 1. The molecule has 0 unspecified atom stereocenters. The summed E-state index contributed by atoms with van der Waals surface area (Å²) in [6, 6.07) is 20.9. The Balaban J connectivity index is 1.58. The van der Waals surface area contributed by atoms with Gasteiger partial charge < -0.3 is 4.57 Å². The molecule has 1 N–H and O–H groups in total. The van der Waals surface area contributed by atoms with Crippen molar-refractivity contribution in [2.24, 2.45) is 0 Å². The molecule has 1 aliphatic heterocycles. The molecule has 1 aliphatic rings. The summed E-state index contributed by atoms with van der Waals surface area (Å²) in [5, 5.41) is 12.4. The topological polar surface area (TPSA) is 95.2 Å². The van der Waals surface area contributed by atoms with Gasteiger partial charge in [-0.25, -0.2) is 14.1 Å². The fourth-order valence-corrected chi connectivity index (χ4v) is 4.11. The van der Waals surface area contributed by atoms with Crippen molar-refractivity contribution < 1.29 is 18.8 Å². The number of hydrogen-bond donors (Lipinski definition) is 1. The first-order valence-corrected chi connectivity index (χ1v) is 10.7. The van der Waals surface area contributed by atoms with Crippen molar-refractivity contribution in [2.75, 3.05) is 4.90 Å². The summed E-state index contributed by atoms with van der Waals surface area (Å²) in [7, 11) is 0. The largest absolute Gasteiger partial charge is 0.342 e. The van der Waals surface area contributed by atoms with Gasteiger partial charge in [-0.05, 0) is 48.0 Å². The fourth-order valence-electron chi connectivity index (χ4n) is 4.11. The van der Waals surface area contributed by atoms with E-state index < -0.39 is 23.7 Å². The van der Waals surface area contributed by atoms with E-state index in [2.05, 4.69) is 11.4 Å². The van der Waals surface area contributed by atoms with E-state index >= 15 is 0 Å². The van der Waals surface area contributed by atoms with Crippen LogP contribution in [0.1, 0.15) is 16.7 Å². The molecule has 0 bridgehead atoms. The minimum atomic E-state index is -0.903. The van der Waals surface area contributed by atoms with Crippen LogP contribution in [0.3, 0.4) is 0 Å². The molecule has 7 nitrogen and oxygen atoms in total. The summed E-state index contributed by atoms with van der Waals surface area (Å²) >= 11 is 0. The molecule has 0 spiro atoms. The number of aromatic nitrogens is 1. The highest BCUT2D eigenvalue weighted by atomic mass is 19.1. The third kappa shape index (κ3) is 3.96. The van der Waals surface area contributed by atoms with Gasteiger partial charge >= 0.3 is 6.03 Å². The van der Waals surface area contributed by atoms with Crippen LogP contribution in [0.25, 0.3) is 17.0 Å². The van der Waals surface area contributed by atoms with Crippen molar-refractivity contribution in [3.05, 3.63) is 107 Å². The molecular formula is C27H17FN4O3. The van der Waals surface area contributed by atoms with Crippen molar-refractivity contribution in [1.82, 2.24) is 9.88 Å². The number of benzene rings is 3. The van der Waals surface area contributed by atoms with E-state index in [1.54, 1.807) is 18.3 Å². The number of para-hydroxylation sites is 1. The summed E-state index contributed by atoms with van der Waals surface area (Å²) in [5.74, 6) is -2.14. The lowest BCUT2D eigenvalue weighted by atomic mass is 10.1. The van der Waals surface area contributed by atoms with E-state index in [-0.39, 0.29) is 11.3 Å². The standard InChI is InChI=1S/C27H17FN4O3/c28-20-9-11-21(12-10-20)32-26(34)23(25(33)30-27(32)35)13-19-16-31(24-8-4-3-7-22(19)24)15-18-6-2-1-5-17(18)14-29/h1-13,16H,15H2,(H,30,33,35). The van der Waals surface area contributed by atoms with Gasteiger partial charge in [0.05, 0.1) is 17.3 Å². The number of halogens is 1. The third-order valence-electron chi connectivity index (χ3n) is 5.78. The number of amides is 4. The van der Waals surface area contributed by atoms with Crippen LogP contribution < -0.4 is 10.2 Å². The molecule has 1 fully saturated rings. The van der Waals surface area contributed by atoms with E-state index in [4.69, 9.17) is 0 Å². The molecule has 0 saturated carbocycles. The Kier molecular flexibility index (Phi) is 5.43. The lowest BCUT2D eigenvalue weighted by Crippen LogP contribution is -2.54. The van der Waals surface area contributed by atoms with Gasteiger partial charge in [0.15, 0.2) is 0 Å². The highest BCUT2D eigenvalue weighted by molar-refractivity contribution is 6.39. The molecule has 35 heavy (non-hydrogen) atoms. The Morgan fingerprint density at radius 1 is 0.943 bits per heavy atom. The lowest BCUT2D eigenvalue weighted by molar-refractivity contribution is -0.122. The maximum absolute atomic E-state index is 13.3. The molecule has 0 aliphatic carbocycles. The van der Waals surface area contributed by atoms with Crippen molar-refractivity contribution in [3.63, 3.8) is 0 Å². The Bertz CT molecular complexity index is 1580. The second kappa shape index (κ2) is 8.72. The Labute approximate surface area is 199 Å². The van der Waals surface area contributed by atoms with Crippen LogP contribution in [0, 0.1) is 17.1 Å². The zero-order chi connectivity index (χ0) is 24.5. The number of nitriles is 1. The maximum Gasteiger partial charge on any atom is 0.335 e. The van der Waals surface area contributed by atoms with Gasteiger partial charge in [0.2, 0.25) is 0 Å². The quantitative estimate of drug-likeness (QED) is 0.358. The van der Waals surface area contributed by atoms with Gasteiger partial charge in [-0.2, -0.15) is 5.26 Å². The number of anilines is 1. The van der Waals surface area contributed by atoms with Crippen molar-refractivity contribution in [2.45, 2.75) is 6.54 Å². The monoisotopic (exact) mass is 464 g/mol.